The lowest BCUT2D eigenvalue weighted by molar-refractivity contribution is 0.0523. The number of nitrogens with zero attached hydrogens (tertiary/aromatic N) is 2. The topological polar surface area (TPSA) is 80.7 Å². The first kappa shape index (κ1) is 14.0. The molecule has 2 rings (SSSR count). The van der Waals surface area contributed by atoms with Crippen LogP contribution < -0.4 is 5.73 Å². The predicted octanol–water partition coefficient (Wildman–Crippen LogP) is 2.45. The molecule has 0 bridgehead atoms. The van der Waals surface area contributed by atoms with Crippen LogP contribution in [0.15, 0.2) is 53.8 Å². The fraction of sp³-hybridized carbons (Fsp3) is 0.200. The van der Waals surface area contributed by atoms with E-state index in [2.05, 4.69) is 10.1 Å². The van der Waals surface area contributed by atoms with Crippen molar-refractivity contribution < 1.29 is 9.94 Å². The fourth-order valence-electron chi connectivity index (χ4n) is 1.87. The number of hydrogen-bond donors (Lipinski definition) is 2. The number of amidine groups is 1. The van der Waals surface area contributed by atoms with Crippen LogP contribution in [0.1, 0.15) is 29.8 Å². The molecule has 1 aromatic heterocycles. The van der Waals surface area contributed by atoms with E-state index >= 15 is 0 Å². The minimum absolute atomic E-state index is 0.0171. The van der Waals surface area contributed by atoms with E-state index in [1.807, 2.05) is 43.3 Å². The second kappa shape index (κ2) is 6.68. The molecule has 0 aliphatic heterocycles. The first-order chi connectivity index (χ1) is 9.72. The van der Waals surface area contributed by atoms with Gasteiger partial charge in [-0.1, -0.05) is 41.6 Å². The summed E-state index contributed by atoms with van der Waals surface area (Å²) in [7, 11) is 0. The van der Waals surface area contributed by atoms with Crippen molar-refractivity contribution in [3.63, 3.8) is 0 Å². The third kappa shape index (κ3) is 3.33. The molecule has 0 spiro atoms. The molecule has 0 fully saturated rings. The minimum atomic E-state index is -0.0449. The van der Waals surface area contributed by atoms with Crippen molar-refractivity contribution in [2.24, 2.45) is 10.9 Å². The first-order valence-corrected chi connectivity index (χ1v) is 6.30. The van der Waals surface area contributed by atoms with E-state index in [4.69, 9.17) is 15.7 Å². The van der Waals surface area contributed by atoms with Gasteiger partial charge >= 0.3 is 0 Å². The number of hydrogen-bond acceptors (Lipinski definition) is 4. The van der Waals surface area contributed by atoms with Crippen molar-refractivity contribution in [3.8, 4) is 0 Å². The van der Waals surface area contributed by atoms with E-state index in [1.54, 1.807) is 12.3 Å². The number of pyridine rings is 1. The zero-order valence-corrected chi connectivity index (χ0v) is 11.2. The highest BCUT2D eigenvalue weighted by Crippen LogP contribution is 2.18. The standard InChI is InChI=1S/C15H17N3O2/c1-11(12-6-3-2-4-7-12)20-10-13-8-5-9-17-14(13)15(16)18-19/h2-9,11,19H,10H2,1H3,(H2,16,18). The van der Waals surface area contributed by atoms with Gasteiger partial charge in [0, 0.05) is 11.8 Å². The Morgan fingerprint density at radius 1 is 1.30 bits per heavy atom. The van der Waals surface area contributed by atoms with Gasteiger partial charge < -0.3 is 15.7 Å². The maximum atomic E-state index is 8.75. The van der Waals surface area contributed by atoms with Crippen LogP contribution in [0.4, 0.5) is 0 Å². The Morgan fingerprint density at radius 3 is 2.75 bits per heavy atom. The van der Waals surface area contributed by atoms with Crippen LogP contribution in [0.3, 0.4) is 0 Å². The monoisotopic (exact) mass is 271 g/mol. The van der Waals surface area contributed by atoms with E-state index in [0.717, 1.165) is 11.1 Å². The molecule has 5 heteroatoms. The molecule has 1 aromatic carbocycles. The largest absolute Gasteiger partial charge is 0.409 e. The van der Waals surface area contributed by atoms with E-state index < -0.39 is 0 Å². The summed E-state index contributed by atoms with van der Waals surface area (Å²) in [5, 5.41) is 11.7. The quantitative estimate of drug-likeness (QED) is 0.379. The second-order valence-corrected chi connectivity index (χ2v) is 4.36. The number of rotatable bonds is 5. The average Bonchev–Trinajstić information content (AvgIpc) is 2.53. The van der Waals surface area contributed by atoms with Crippen molar-refractivity contribution in [3.05, 3.63) is 65.5 Å². The Bertz CT molecular complexity index is 585. The van der Waals surface area contributed by atoms with Crippen LogP contribution in [0.5, 0.6) is 0 Å². The Labute approximate surface area is 117 Å². The van der Waals surface area contributed by atoms with E-state index in [-0.39, 0.29) is 11.9 Å². The van der Waals surface area contributed by atoms with Gasteiger partial charge in [0.15, 0.2) is 5.84 Å². The van der Waals surface area contributed by atoms with Crippen molar-refractivity contribution in [2.45, 2.75) is 19.6 Å². The second-order valence-electron chi connectivity index (χ2n) is 4.36. The molecule has 3 N–H and O–H groups in total. The van der Waals surface area contributed by atoms with Gasteiger partial charge in [-0.3, -0.25) is 4.98 Å². The molecular weight excluding hydrogens is 254 g/mol. The molecule has 1 heterocycles. The molecule has 20 heavy (non-hydrogen) atoms. The van der Waals surface area contributed by atoms with Crippen molar-refractivity contribution >= 4 is 5.84 Å². The molecule has 0 aliphatic carbocycles. The number of ether oxygens (including phenoxy) is 1. The molecule has 2 aromatic rings. The summed E-state index contributed by atoms with van der Waals surface area (Å²) in [6.07, 6.45) is 1.55. The third-order valence-electron chi connectivity index (χ3n) is 3.00. The molecule has 1 unspecified atom stereocenters. The van der Waals surface area contributed by atoms with Crippen LogP contribution in [-0.4, -0.2) is 16.0 Å². The van der Waals surface area contributed by atoms with Gasteiger partial charge in [0.1, 0.15) is 5.69 Å². The van der Waals surface area contributed by atoms with Gasteiger partial charge in [-0.05, 0) is 18.6 Å². The van der Waals surface area contributed by atoms with Crippen LogP contribution in [-0.2, 0) is 11.3 Å². The smallest absolute Gasteiger partial charge is 0.189 e. The van der Waals surface area contributed by atoms with Gasteiger partial charge in [0.2, 0.25) is 0 Å². The summed E-state index contributed by atoms with van der Waals surface area (Å²) < 4.78 is 5.82. The zero-order chi connectivity index (χ0) is 14.4. The third-order valence-corrected chi connectivity index (χ3v) is 3.00. The van der Waals surface area contributed by atoms with E-state index in [9.17, 15) is 0 Å². The van der Waals surface area contributed by atoms with E-state index in [1.165, 1.54) is 0 Å². The highest BCUT2D eigenvalue weighted by Gasteiger charge is 2.11. The van der Waals surface area contributed by atoms with Crippen LogP contribution in [0.2, 0.25) is 0 Å². The number of aromatic nitrogens is 1. The minimum Gasteiger partial charge on any atom is -0.409 e. The zero-order valence-electron chi connectivity index (χ0n) is 11.2. The normalized spacial score (nSPS) is 13.2. The Morgan fingerprint density at radius 2 is 2.05 bits per heavy atom. The van der Waals surface area contributed by atoms with Crippen molar-refractivity contribution in [2.75, 3.05) is 0 Å². The molecular formula is C15H17N3O2. The molecule has 1 atom stereocenters. The Balaban J connectivity index is 2.08. The van der Waals surface area contributed by atoms with Gasteiger partial charge in [0.05, 0.1) is 12.7 Å². The molecule has 0 aliphatic rings. The lowest BCUT2D eigenvalue weighted by Crippen LogP contribution is -2.18. The number of benzene rings is 1. The molecule has 0 saturated heterocycles. The van der Waals surface area contributed by atoms with Gasteiger partial charge in [0.25, 0.3) is 0 Å². The highest BCUT2D eigenvalue weighted by molar-refractivity contribution is 5.96. The van der Waals surface area contributed by atoms with Gasteiger partial charge in [-0.15, -0.1) is 0 Å². The van der Waals surface area contributed by atoms with Crippen LogP contribution >= 0.6 is 0 Å². The Kier molecular flexibility index (Phi) is 4.68. The fourth-order valence-corrected chi connectivity index (χ4v) is 1.87. The number of nitrogens with two attached hydrogens (primary N) is 1. The highest BCUT2D eigenvalue weighted by atomic mass is 16.5. The van der Waals surface area contributed by atoms with Crippen LogP contribution in [0, 0.1) is 0 Å². The molecule has 104 valence electrons. The first-order valence-electron chi connectivity index (χ1n) is 6.30. The van der Waals surface area contributed by atoms with Gasteiger partial charge in [-0.2, -0.15) is 0 Å². The van der Waals surface area contributed by atoms with Gasteiger partial charge in [-0.25, -0.2) is 0 Å². The lowest BCUT2D eigenvalue weighted by Gasteiger charge is -2.14. The number of oxime groups is 1. The lowest BCUT2D eigenvalue weighted by atomic mass is 10.1. The summed E-state index contributed by atoms with van der Waals surface area (Å²) in [5.74, 6) is -0.0171. The Hall–Kier alpha value is -2.40. The maximum Gasteiger partial charge on any atom is 0.189 e. The maximum absolute atomic E-state index is 8.75. The average molecular weight is 271 g/mol. The SMILES string of the molecule is CC(OCc1cccnc1C(N)=NO)c1ccccc1. The van der Waals surface area contributed by atoms with E-state index in [0.29, 0.717) is 12.3 Å². The predicted molar refractivity (Wildman–Crippen MR) is 76.4 cm³/mol. The van der Waals surface area contributed by atoms with Crippen molar-refractivity contribution in [1.29, 1.82) is 0 Å². The van der Waals surface area contributed by atoms with Crippen molar-refractivity contribution in [1.82, 2.24) is 4.98 Å². The summed E-state index contributed by atoms with van der Waals surface area (Å²) in [6.45, 7) is 2.32. The molecule has 0 saturated carbocycles. The summed E-state index contributed by atoms with van der Waals surface area (Å²) in [5.41, 5.74) is 7.92. The summed E-state index contributed by atoms with van der Waals surface area (Å²) in [6, 6.07) is 13.6. The molecule has 0 amide bonds. The van der Waals surface area contributed by atoms with Crippen LogP contribution in [0.25, 0.3) is 0 Å². The summed E-state index contributed by atoms with van der Waals surface area (Å²) >= 11 is 0. The summed E-state index contributed by atoms with van der Waals surface area (Å²) in [4.78, 5) is 4.10. The molecule has 5 nitrogen and oxygen atoms in total. The molecule has 0 radical (unpaired) electrons.